The highest BCUT2D eigenvalue weighted by molar-refractivity contribution is 6.30. The van der Waals surface area contributed by atoms with Gasteiger partial charge in [-0.05, 0) is 31.0 Å². The van der Waals surface area contributed by atoms with Crippen molar-refractivity contribution in [1.82, 2.24) is 4.90 Å². The molecule has 2 unspecified atom stereocenters. The number of hydrogen-bond donors (Lipinski definition) is 1. The minimum absolute atomic E-state index is 0. The Morgan fingerprint density at radius 1 is 1.38 bits per heavy atom. The third-order valence-corrected chi connectivity index (χ3v) is 3.41. The van der Waals surface area contributed by atoms with Gasteiger partial charge in [-0.2, -0.15) is 0 Å². The van der Waals surface area contributed by atoms with Crippen LogP contribution in [0, 0.1) is 0 Å². The summed E-state index contributed by atoms with van der Waals surface area (Å²) in [4.78, 5) is 2.42. The van der Waals surface area contributed by atoms with Gasteiger partial charge >= 0.3 is 0 Å². The van der Waals surface area contributed by atoms with E-state index in [1.807, 2.05) is 12.1 Å². The molecule has 0 aliphatic carbocycles. The van der Waals surface area contributed by atoms with Crippen molar-refractivity contribution < 1.29 is 0 Å². The van der Waals surface area contributed by atoms with E-state index >= 15 is 0 Å². The molecule has 16 heavy (non-hydrogen) atoms. The van der Waals surface area contributed by atoms with E-state index in [0.717, 1.165) is 24.5 Å². The van der Waals surface area contributed by atoms with Gasteiger partial charge in [0.25, 0.3) is 0 Å². The number of nitrogens with two attached hydrogens (primary N) is 1. The lowest BCUT2D eigenvalue weighted by molar-refractivity contribution is 0.260. The molecule has 0 spiro atoms. The zero-order chi connectivity index (χ0) is 10.8. The first-order chi connectivity index (χ1) is 7.16. The van der Waals surface area contributed by atoms with Crippen molar-refractivity contribution in [2.75, 3.05) is 13.1 Å². The van der Waals surface area contributed by atoms with Crippen molar-refractivity contribution in [3.63, 3.8) is 0 Å². The van der Waals surface area contributed by atoms with Crippen molar-refractivity contribution in [1.29, 1.82) is 0 Å². The maximum absolute atomic E-state index is 5.90. The second-order valence-corrected chi connectivity index (χ2v) is 4.71. The molecule has 1 aliphatic heterocycles. The number of halogens is 2. The van der Waals surface area contributed by atoms with Crippen molar-refractivity contribution in [2.24, 2.45) is 5.73 Å². The first kappa shape index (κ1) is 13.8. The molecule has 1 aromatic rings. The Kier molecular flexibility index (Phi) is 5.06. The molecule has 0 radical (unpaired) electrons. The minimum Gasteiger partial charge on any atom is -0.326 e. The molecular formula is C12H18Cl2N2. The molecule has 4 heteroatoms. The number of rotatable bonds is 2. The SMILES string of the molecule is CC(c1ccc(Cl)cc1)N1CCC(N)C1.Cl. The van der Waals surface area contributed by atoms with E-state index in [-0.39, 0.29) is 12.4 Å². The van der Waals surface area contributed by atoms with Crippen LogP contribution in [0.15, 0.2) is 24.3 Å². The molecule has 2 N–H and O–H groups in total. The van der Waals surface area contributed by atoms with Crippen LogP contribution in [-0.2, 0) is 0 Å². The molecule has 0 bridgehead atoms. The predicted molar refractivity (Wildman–Crippen MR) is 71.3 cm³/mol. The largest absolute Gasteiger partial charge is 0.326 e. The Morgan fingerprint density at radius 3 is 2.50 bits per heavy atom. The van der Waals surface area contributed by atoms with Crippen LogP contribution in [0.4, 0.5) is 0 Å². The summed E-state index contributed by atoms with van der Waals surface area (Å²) in [5.41, 5.74) is 7.22. The molecule has 1 aliphatic rings. The predicted octanol–water partition coefficient (Wildman–Crippen LogP) is 2.86. The van der Waals surface area contributed by atoms with Crippen LogP contribution in [0.25, 0.3) is 0 Å². The molecule has 0 saturated carbocycles. The third-order valence-electron chi connectivity index (χ3n) is 3.16. The van der Waals surface area contributed by atoms with E-state index in [9.17, 15) is 0 Å². The van der Waals surface area contributed by atoms with E-state index in [1.54, 1.807) is 0 Å². The second kappa shape index (κ2) is 5.87. The van der Waals surface area contributed by atoms with Crippen LogP contribution in [0.1, 0.15) is 24.9 Å². The fourth-order valence-electron chi connectivity index (χ4n) is 2.12. The summed E-state index contributed by atoms with van der Waals surface area (Å²) in [5, 5.41) is 0.795. The summed E-state index contributed by atoms with van der Waals surface area (Å²) in [5.74, 6) is 0. The van der Waals surface area contributed by atoms with Gasteiger partial charge in [0.05, 0.1) is 0 Å². The Balaban J connectivity index is 0.00000128. The van der Waals surface area contributed by atoms with Gasteiger partial charge < -0.3 is 5.73 Å². The van der Waals surface area contributed by atoms with Crippen LogP contribution >= 0.6 is 24.0 Å². The normalized spacial score (nSPS) is 22.8. The minimum atomic E-state index is 0. The summed E-state index contributed by atoms with van der Waals surface area (Å²) in [6, 6.07) is 8.87. The number of nitrogens with zero attached hydrogens (tertiary/aromatic N) is 1. The molecule has 2 nitrogen and oxygen atoms in total. The standard InChI is InChI=1S/C12H17ClN2.ClH/c1-9(15-7-6-12(14)8-15)10-2-4-11(13)5-3-10;/h2-5,9,12H,6-8,14H2,1H3;1H. The quantitative estimate of drug-likeness (QED) is 0.887. The Morgan fingerprint density at radius 2 is 2.00 bits per heavy atom. The smallest absolute Gasteiger partial charge is 0.0406 e. The molecule has 0 aromatic heterocycles. The lowest BCUT2D eigenvalue weighted by Crippen LogP contribution is -2.28. The zero-order valence-electron chi connectivity index (χ0n) is 9.40. The summed E-state index contributed by atoms with van der Waals surface area (Å²) < 4.78 is 0. The van der Waals surface area contributed by atoms with Gasteiger partial charge in [0.1, 0.15) is 0 Å². The molecule has 2 rings (SSSR count). The zero-order valence-corrected chi connectivity index (χ0v) is 11.0. The van der Waals surface area contributed by atoms with Gasteiger partial charge in [-0.3, -0.25) is 4.90 Å². The van der Waals surface area contributed by atoms with Gasteiger partial charge in [-0.1, -0.05) is 23.7 Å². The molecule has 2 atom stereocenters. The summed E-state index contributed by atoms with van der Waals surface area (Å²) in [6.07, 6.45) is 1.11. The lowest BCUT2D eigenvalue weighted by atomic mass is 10.1. The number of hydrogen-bond acceptors (Lipinski definition) is 2. The molecule has 1 heterocycles. The topological polar surface area (TPSA) is 29.3 Å². The third kappa shape index (κ3) is 3.11. The van der Waals surface area contributed by atoms with Crippen LogP contribution in [0.3, 0.4) is 0 Å². The number of benzene rings is 1. The van der Waals surface area contributed by atoms with Crippen LogP contribution in [0.2, 0.25) is 5.02 Å². The summed E-state index contributed by atoms with van der Waals surface area (Å²) in [7, 11) is 0. The fourth-order valence-corrected chi connectivity index (χ4v) is 2.25. The number of likely N-dealkylation sites (tertiary alicyclic amines) is 1. The monoisotopic (exact) mass is 260 g/mol. The molecule has 1 aromatic carbocycles. The van der Waals surface area contributed by atoms with Gasteiger partial charge in [-0.25, -0.2) is 0 Å². The van der Waals surface area contributed by atoms with Gasteiger partial charge in [-0.15, -0.1) is 12.4 Å². The van der Waals surface area contributed by atoms with Crippen LogP contribution in [-0.4, -0.2) is 24.0 Å². The fraction of sp³-hybridized carbons (Fsp3) is 0.500. The van der Waals surface area contributed by atoms with E-state index in [4.69, 9.17) is 17.3 Å². The Bertz CT molecular complexity index is 326. The Hall–Kier alpha value is -0.280. The first-order valence-electron chi connectivity index (χ1n) is 5.42. The molecule has 90 valence electrons. The van der Waals surface area contributed by atoms with Crippen molar-refractivity contribution >= 4 is 24.0 Å². The van der Waals surface area contributed by atoms with Gasteiger partial charge in [0.2, 0.25) is 0 Å². The van der Waals surface area contributed by atoms with Crippen LogP contribution < -0.4 is 5.73 Å². The highest BCUT2D eigenvalue weighted by Crippen LogP contribution is 2.24. The second-order valence-electron chi connectivity index (χ2n) is 4.27. The van der Waals surface area contributed by atoms with Crippen molar-refractivity contribution in [3.05, 3.63) is 34.9 Å². The van der Waals surface area contributed by atoms with Gasteiger partial charge in [0.15, 0.2) is 0 Å². The maximum Gasteiger partial charge on any atom is 0.0406 e. The lowest BCUT2D eigenvalue weighted by Gasteiger charge is -2.24. The molecule has 1 fully saturated rings. The van der Waals surface area contributed by atoms with E-state index in [1.165, 1.54) is 5.56 Å². The average molecular weight is 261 g/mol. The van der Waals surface area contributed by atoms with E-state index in [0.29, 0.717) is 12.1 Å². The van der Waals surface area contributed by atoms with E-state index < -0.39 is 0 Å². The maximum atomic E-state index is 5.90. The average Bonchev–Trinajstić information content (AvgIpc) is 2.65. The molecule has 0 amide bonds. The summed E-state index contributed by atoms with van der Waals surface area (Å²) >= 11 is 5.87. The molecule has 1 saturated heterocycles. The van der Waals surface area contributed by atoms with E-state index in [2.05, 4.69) is 24.0 Å². The van der Waals surface area contributed by atoms with Crippen molar-refractivity contribution in [3.8, 4) is 0 Å². The summed E-state index contributed by atoms with van der Waals surface area (Å²) in [6.45, 7) is 4.33. The highest BCUT2D eigenvalue weighted by Gasteiger charge is 2.24. The first-order valence-corrected chi connectivity index (χ1v) is 5.79. The van der Waals surface area contributed by atoms with Gasteiger partial charge in [0, 0.05) is 30.2 Å². The molecular weight excluding hydrogens is 243 g/mol. The highest BCUT2D eigenvalue weighted by atomic mass is 35.5. The van der Waals surface area contributed by atoms with Crippen LogP contribution in [0.5, 0.6) is 0 Å². The Labute approximate surface area is 108 Å². The van der Waals surface area contributed by atoms with Crippen molar-refractivity contribution in [2.45, 2.75) is 25.4 Å².